The minimum absolute atomic E-state index is 0.0257. The van der Waals surface area contributed by atoms with E-state index in [4.69, 9.17) is 13.9 Å². The van der Waals surface area contributed by atoms with Gasteiger partial charge in [-0.1, -0.05) is 0 Å². The number of methoxy groups -OCH3 is 1. The van der Waals surface area contributed by atoms with Crippen LogP contribution in [-0.4, -0.2) is 13.1 Å². The molecule has 0 bridgehead atoms. The number of hydrogen-bond donors (Lipinski definition) is 0. The van der Waals surface area contributed by atoms with Crippen molar-refractivity contribution < 1.29 is 18.7 Å². The zero-order chi connectivity index (χ0) is 18.1. The van der Waals surface area contributed by atoms with Gasteiger partial charge >= 0.3 is 11.6 Å². The van der Waals surface area contributed by atoms with Crippen LogP contribution in [0.3, 0.4) is 0 Å². The highest BCUT2D eigenvalue weighted by Crippen LogP contribution is 2.31. The molecule has 5 nitrogen and oxygen atoms in total. The Hall–Kier alpha value is -2.60. The van der Waals surface area contributed by atoms with Crippen LogP contribution in [-0.2, 0) is 24.2 Å². The van der Waals surface area contributed by atoms with Crippen LogP contribution >= 0.6 is 11.3 Å². The average molecular weight is 370 g/mol. The summed E-state index contributed by atoms with van der Waals surface area (Å²) in [6.07, 6.45) is 4.26. The van der Waals surface area contributed by atoms with E-state index in [1.54, 1.807) is 36.6 Å². The summed E-state index contributed by atoms with van der Waals surface area (Å²) in [6.45, 7) is 0.0257. The first-order chi connectivity index (χ1) is 12.7. The molecule has 26 heavy (non-hydrogen) atoms. The molecule has 0 saturated carbocycles. The highest BCUT2D eigenvalue weighted by molar-refractivity contribution is 7.10. The number of hydrogen-bond acceptors (Lipinski definition) is 6. The van der Waals surface area contributed by atoms with Crippen molar-refractivity contribution in [3.63, 3.8) is 0 Å². The van der Waals surface area contributed by atoms with E-state index >= 15 is 0 Å². The predicted molar refractivity (Wildman–Crippen MR) is 99.1 cm³/mol. The van der Waals surface area contributed by atoms with Crippen molar-refractivity contribution >= 4 is 28.3 Å². The lowest BCUT2D eigenvalue weighted by Crippen LogP contribution is -2.10. The molecule has 0 radical (unpaired) electrons. The summed E-state index contributed by atoms with van der Waals surface area (Å²) in [4.78, 5) is 25.7. The molecule has 4 rings (SSSR count). The van der Waals surface area contributed by atoms with E-state index in [1.807, 2.05) is 5.38 Å². The zero-order valence-corrected chi connectivity index (χ0v) is 15.2. The molecule has 2 aromatic heterocycles. The molecule has 0 spiro atoms. The summed E-state index contributed by atoms with van der Waals surface area (Å²) >= 11 is 1.63. The van der Waals surface area contributed by atoms with Gasteiger partial charge in [-0.25, -0.2) is 9.59 Å². The molecule has 1 aromatic carbocycles. The van der Waals surface area contributed by atoms with E-state index in [9.17, 15) is 9.59 Å². The topological polar surface area (TPSA) is 65.7 Å². The fourth-order valence-corrected chi connectivity index (χ4v) is 4.46. The predicted octanol–water partition coefficient (Wildman–Crippen LogP) is 4.10. The van der Waals surface area contributed by atoms with Crippen LogP contribution in [0.1, 0.15) is 39.2 Å². The molecule has 1 aliphatic rings. The Morgan fingerprint density at radius 1 is 1.23 bits per heavy atom. The number of benzene rings is 1. The monoisotopic (exact) mass is 370 g/mol. The molecule has 3 aromatic rings. The molecule has 1 aliphatic carbocycles. The second kappa shape index (κ2) is 6.96. The van der Waals surface area contributed by atoms with Crippen LogP contribution < -0.4 is 10.4 Å². The van der Waals surface area contributed by atoms with E-state index in [2.05, 4.69) is 0 Å². The van der Waals surface area contributed by atoms with Crippen molar-refractivity contribution in [3.05, 3.63) is 61.6 Å². The van der Waals surface area contributed by atoms with Crippen molar-refractivity contribution in [2.24, 2.45) is 0 Å². The van der Waals surface area contributed by atoms with Crippen LogP contribution in [0, 0.1) is 0 Å². The largest absolute Gasteiger partial charge is 0.497 e. The summed E-state index contributed by atoms with van der Waals surface area (Å²) in [6, 6.07) is 6.60. The Morgan fingerprint density at radius 2 is 2.08 bits per heavy atom. The first-order valence-corrected chi connectivity index (χ1v) is 9.41. The minimum Gasteiger partial charge on any atom is -0.497 e. The van der Waals surface area contributed by atoms with Crippen LogP contribution in [0.2, 0.25) is 0 Å². The smallest absolute Gasteiger partial charge is 0.339 e. The summed E-state index contributed by atoms with van der Waals surface area (Å²) < 4.78 is 15.9. The lowest BCUT2D eigenvalue weighted by molar-refractivity contribution is 0.0473. The van der Waals surface area contributed by atoms with E-state index in [0.717, 1.165) is 30.2 Å². The average Bonchev–Trinajstić information content (AvgIpc) is 3.09. The molecular weight excluding hydrogens is 352 g/mol. The maximum Gasteiger partial charge on any atom is 0.339 e. The molecule has 0 atom stereocenters. The fraction of sp³-hybridized carbons (Fsp3) is 0.300. The molecule has 0 fully saturated rings. The minimum atomic E-state index is -0.482. The Bertz CT molecular complexity index is 1030. The van der Waals surface area contributed by atoms with E-state index < -0.39 is 5.63 Å². The summed E-state index contributed by atoms with van der Waals surface area (Å²) in [5.41, 5.74) is 2.35. The highest BCUT2D eigenvalue weighted by atomic mass is 32.1. The van der Waals surface area contributed by atoms with E-state index in [1.165, 1.54) is 17.4 Å². The third-order valence-corrected chi connectivity index (χ3v) is 5.77. The molecule has 134 valence electrons. The van der Waals surface area contributed by atoms with Gasteiger partial charge in [0.1, 0.15) is 17.9 Å². The van der Waals surface area contributed by atoms with Crippen LogP contribution in [0.15, 0.2) is 38.9 Å². The Kier molecular flexibility index (Phi) is 4.51. The number of carbonyl (C=O) groups is 1. The first kappa shape index (κ1) is 16.8. The molecule has 0 unspecified atom stereocenters. The van der Waals surface area contributed by atoms with Gasteiger partial charge in [-0.15, -0.1) is 11.3 Å². The second-order valence-electron chi connectivity index (χ2n) is 6.29. The van der Waals surface area contributed by atoms with Gasteiger partial charge < -0.3 is 13.9 Å². The normalized spacial score (nSPS) is 13.4. The summed E-state index contributed by atoms with van der Waals surface area (Å²) in [5.74, 6) is 0.263. The summed E-state index contributed by atoms with van der Waals surface area (Å²) in [5, 5.41) is 2.62. The van der Waals surface area contributed by atoms with Gasteiger partial charge in [-0.2, -0.15) is 0 Å². The number of rotatable bonds is 4. The van der Waals surface area contributed by atoms with Crippen molar-refractivity contribution in [2.45, 2.75) is 32.3 Å². The number of esters is 1. The second-order valence-corrected chi connectivity index (χ2v) is 7.25. The standard InChI is InChI=1S/C20H18O5S/c1-23-13-6-7-14-12(8-19(21)25-17(14)9-13)10-24-20(22)16-11-26-18-5-3-2-4-15(16)18/h6-9,11H,2-5,10H2,1H3. The zero-order valence-electron chi connectivity index (χ0n) is 14.4. The van der Waals surface area contributed by atoms with Crippen molar-refractivity contribution in [1.29, 1.82) is 0 Å². The molecule has 6 heteroatoms. The number of ether oxygens (including phenoxy) is 2. The van der Waals surface area contributed by atoms with E-state index in [-0.39, 0.29) is 12.6 Å². The molecule has 0 aliphatic heterocycles. The van der Waals surface area contributed by atoms with Crippen LogP contribution in [0.4, 0.5) is 0 Å². The maximum absolute atomic E-state index is 12.5. The van der Waals surface area contributed by atoms with Crippen molar-refractivity contribution in [3.8, 4) is 5.75 Å². The Balaban J connectivity index is 1.59. The van der Waals surface area contributed by atoms with Gasteiger partial charge in [0.15, 0.2) is 0 Å². The lowest BCUT2D eigenvalue weighted by atomic mass is 9.96. The third-order valence-electron chi connectivity index (χ3n) is 4.68. The molecular formula is C20H18O5S. The fourth-order valence-electron chi connectivity index (χ4n) is 3.34. The number of thiophene rings is 1. The first-order valence-electron chi connectivity index (χ1n) is 8.53. The van der Waals surface area contributed by atoms with Gasteiger partial charge in [0.05, 0.1) is 12.7 Å². The van der Waals surface area contributed by atoms with Crippen LogP contribution in [0.5, 0.6) is 5.75 Å². The molecule has 0 amide bonds. The van der Waals surface area contributed by atoms with Gasteiger partial charge in [-0.05, 0) is 43.4 Å². The lowest BCUT2D eigenvalue weighted by Gasteiger charge is -2.12. The van der Waals surface area contributed by atoms with Crippen molar-refractivity contribution in [1.82, 2.24) is 0 Å². The van der Waals surface area contributed by atoms with E-state index in [0.29, 0.717) is 22.5 Å². The quantitative estimate of drug-likeness (QED) is 0.511. The van der Waals surface area contributed by atoms with Gasteiger partial charge in [-0.3, -0.25) is 0 Å². The SMILES string of the molecule is COc1ccc2c(COC(=O)c3csc4c3CCCC4)cc(=O)oc2c1. The van der Waals surface area contributed by atoms with Gasteiger partial charge in [0, 0.05) is 33.3 Å². The van der Waals surface area contributed by atoms with Gasteiger partial charge in [0.25, 0.3) is 0 Å². The Labute approximate surface area is 154 Å². The number of fused-ring (bicyclic) bond motifs is 2. The Morgan fingerprint density at radius 3 is 2.92 bits per heavy atom. The molecule has 2 heterocycles. The molecule has 0 saturated heterocycles. The number of carbonyl (C=O) groups excluding carboxylic acids is 1. The summed E-state index contributed by atoms with van der Waals surface area (Å²) in [7, 11) is 1.55. The van der Waals surface area contributed by atoms with Crippen LogP contribution in [0.25, 0.3) is 11.0 Å². The highest BCUT2D eigenvalue weighted by Gasteiger charge is 2.21. The molecule has 0 N–H and O–H groups in total. The maximum atomic E-state index is 12.5. The van der Waals surface area contributed by atoms with Gasteiger partial charge in [0.2, 0.25) is 0 Å². The number of aryl methyl sites for hydroxylation is 1. The van der Waals surface area contributed by atoms with Crippen molar-refractivity contribution in [2.75, 3.05) is 7.11 Å². The third kappa shape index (κ3) is 3.12.